The van der Waals surface area contributed by atoms with E-state index in [-0.39, 0.29) is 5.41 Å². The van der Waals surface area contributed by atoms with Crippen molar-refractivity contribution in [3.63, 3.8) is 0 Å². The Hall–Kier alpha value is -0.800. The van der Waals surface area contributed by atoms with Gasteiger partial charge in [-0.1, -0.05) is 20.8 Å². The topological polar surface area (TPSA) is 28.4 Å². The number of rotatable bonds is 7. The second kappa shape index (κ2) is 6.22. The first-order valence-corrected chi connectivity index (χ1v) is 6.40. The van der Waals surface area contributed by atoms with Crippen molar-refractivity contribution in [2.24, 2.45) is 5.41 Å². The molecule has 0 amide bonds. The minimum atomic E-state index is 0.247. The van der Waals surface area contributed by atoms with Gasteiger partial charge in [-0.3, -0.25) is 4.90 Å². The van der Waals surface area contributed by atoms with Crippen molar-refractivity contribution in [3.8, 4) is 0 Å². The fourth-order valence-corrected chi connectivity index (χ4v) is 2.14. The van der Waals surface area contributed by atoms with Gasteiger partial charge in [0.25, 0.3) is 0 Å². The summed E-state index contributed by atoms with van der Waals surface area (Å²) in [6, 6.07) is 4.47. The van der Waals surface area contributed by atoms with Gasteiger partial charge >= 0.3 is 0 Å². The zero-order valence-electron chi connectivity index (χ0n) is 11.8. The summed E-state index contributed by atoms with van der Waals surface area (Å²) in [5.74, 6) is 1.03. The lowest BCUT2D eigenvalue weighted by Gasteiger charge is -2.35. The minimum absolute atomic E-state index is 0.247. The molecule has 1 heterocycles. The monoisotopic (exact) mass is 238 g/mol. The molecule has 0 aliphatic carbocycles. The number of nitrogens with one attached hydrogen (secondary N) is 1. The maximum Gasteiger partial charge on any atom is 0.117 e. The Bertz CT molecular complexity index is 306. The third-order valence-electron chi connectivity index (χ3n) is 3.37. The van der Waals surface area contributed by atoms with Gasteiger partial charge < -0.3 is 9.73 Å². The van der Waals surface area contributed by atoms with Crippen LogP contribution in [-0.4, -0.2) is 31.1 Å². The molecule has 1 N–H and O–H groups in total. The van der Waals surface area contributed by atoms with E-state index >= 15 is 0 Å². The number of hydrogen-bond donors (Lipinski definition) is 1. The molecule has 0 radical (unpaired) electrons. The molecule has 1 atom stereocenters. The van der Waals surface area contributed by atoms with Gasteiger partial charge in [-0.05, 0) is 38.1 Å². The SMILES string of the molecule is CCNC(C)C(C)(C)CN(C)Cc1ccco1. The Morgan fingerprint density at radius 1 is 1.47 bits per heavy atom. The average Bonchev–Trinajstić information content (AvgIpc) is 2.69. The maximum atomic E-state index is 5.37. The van der Waals surface area contributed by atoms with Crippen LogP contribution in [0.2, 0.25) is 0 Å². The predicted octanol–water partition coefficient (Wildman–Crippen LogP) is 2.74. The lowest BCUT2D eigenvalue weighted by Crippen LogP contribution is -2.45. The zero-order valence-corrected chi connectivity index (χ0v) is 11.8. The van der Waals surface area contributed by atoms with Crippen LogP contribution < -0.4 is 5.32 Å². The van der Waals surface area contributed by atoms with Gasteiger partial charge in [-0.25, -0.2) is 0 Å². The lowest BCUT2D eigenvalue weighted by molar-refractivity contribution is 0.154. The van der Waals surface area contributed by atoms with Gasteiger partial charge in [0.05, 0.1) is 12.8 Å². The molecule has 1 rings (SSSR count). The molecule has 17 heavy (non-hydrogen) atoms. The van der Waals surface area contributed by atoms with E-state index in [4.69, 9.17) is 4.42 Å². The van der Waals surface area contributed by atoms with Crippen LogP contribution in [0.3, 0.4) is 0 Å². The van der Waals surface area contributed by atoms with Crippen LogP contribution in [0.1, 0.15) is 33.5 Å². The van der Waals surface area contributed by atoms with Gasteiger partial charge in [-0.15, -0.1) is 0 Å². The molecule has 0 saturated carbocycles. The van der Waals surface area contributed by atoms with Crippen LogP contribution in [0.15, 0.2) is 22.8 Å². The Labute approximate surface area is 105 Å². The quantitative estimate of drug-likeness (QED) is 0.791. The van der Waals surface area contributed by atoms with Gasteiger partial charge in [0, 0.05) is 12.6 Å². The van der Waals surface area contributed by atoms with Gasteiger partial charge in [-0.2, -0.15) is 0 Å². The molecule has 0 spiro atoms. The van der Waals surface area contributed by atoms with Gasteiger partial charge in [0.15, 0.2) is 0 Å². The summed E-state index contributed by atoms with van der Waals surface area (Å²) in [5, 5.41) is 3.50. The van der Waals surface area contributed by atoms with Crippen molar-refractivity contribution in [1.29, 1.82) is 0 Å². The summed E-state index contributed by atoms with van der Waals surface area (Å²) in [4.78, 5) is 2.31. The van der Waals surface area contributed by atoms with Crippen LogP contribution in [-0.2, 0) is 6.54 Å². The molecule has 0 saturated heterocycles. The van der Waals surface area contributed by atoms with Crippen molar-refractivity contribution in [3.05, 3.63) is 24.2 Å². The summed E-state index contributed by atoms with van der Waals surface area (Å²) < 4.78 is 5.37. The molecule has 0 bridgehead atoms. The summed E-state index contributed by atoms with van der Waals surface area (Å²) in [7, 11) is 2.14. The van der Waals surface area contributed by atoms with E-state index in [0.29, 0.717) is 6.04 Å². The molecule has 0 aromatic carbocycles. The van der Waals surface area contributed by atoms with Gasteiger partial charge in [0.2, 0.25) is 0 Å². The van der Waals surface area contributed by atoms with E-state index in [1.54, 1.807) is 6.26 Å². The van der Waals surface area contributed by atoms with Crippen LogP contribution in [0.25, 0.3) is 0 Å². The molecule has 98 valence electrons. The highest BCUT2D eigenvalue weighted by Gasteiger charge is 2.26. The predicted molar refractivity (Wildman–Crippen MR) is 72.0 cm³/mol. The smallest absolute Gasteiger partial charge is 0.117 e. The van der Waals surface area contributed by atoms with Crippen molar-refractivity contribution in [1.82, 2.24) is 10.2 Å². The maximum absolute atomic E-state index is 5.37. The first kappa shape index (κ1) is 14.3. The lowest BCUT2D eigenvalue weighted by atomic mass is 9.85. The highest BCUT2D eigenvalue weighted by atomic mass is 16.3. The molecule has 1 aromatic heterocycles. The Morgan fingerprint density at radius 2 is 2.18 bits per heavy atom. The molecule has 3 heteroatoms. The normalized spacial score (nSPS) is 14.2. The zero-order chi connectivity index (χ0) is 12.9. The van der Waals surface area contributed by atoms with E-state index in [0.717, 1.165) is 25.4 Å². The van der Waals surface area contributed by atoms with Crippen LogP contribution >= 0.6 is 0 Å². The van der Waals surface area contributed by atoms with E-state index < -0.39 is 0 Å². The summed E-state index contributed by atoms with van der Waals surface area (Å²) in [6.07, 6.45) is 1.73. The fraction of sp³-hybridized carbons (Fsp3) is 0.714. The molecule has 0 aliphatic rings. The molecular weight excluding hydrogens is 212 g/mol. The van der Waals surface area contributed by atoms with Crippen LogP contribution in [0, 0.1) is 5.41 Å². The highest BCUT2D eigenvalue weighted by Crippen LogP contribution is 2.22. The van der Waals surface area contributed by atoms with Gasteiger partial charge in [0.1, 0.15) is 5.76 Å². The second-order valence-corrected chi connectivity index (χ2v) is 5.52. The molecule has 0 fully saturated rings. The van der Waals surface area contributed by atoms with E-state index in [1.807, 2.05) is 12.1 Å². The van der Waals surface area contributed by atoms with Crippen molar-refractivity contribution < 1.29 is 4.42 Å². The average molecular weight is 238 g/mol. The summed E-state index contributed by atoms with van der Waals surface area (Å²) >= 11 is 0. The standard InChI is InChI=1S/C14H26N2O/c1-6-15-12(2)14(3,4)11-16(5)10-13-8-7-9-17-13/h7-9,12,15H,6,10-11H2,1-5H3. The third kappa shape index (κ3) is 4.52. The Kier molecular flexibility index (Phi) is 5.22. The molecule has 3 nitrogen and oxygen atoms in total. The minimum Gasteiger partial charge on any atom is -0.468 e. The highest BCUT2D eigenvalue weighted by molar-refractivity contribution is 4.98. The Morgan fingerprint density at radius 3 is 2.71 bits per heavy atom. The number of nitrogens with zero attached hydrogens (tertiary/aromatic N) is 1. The first-order chi connectivity index (χ1) is 7.95. The molecule has 1 unspecified atom stereocenters. The van der Waals surface area contributed by atoms with E-state index in [9.17, 15) is 0 Å². The molecule has 1 aromatic rings. The van der Waals surface area contributed by atoms with Crippen molar-refractivity contribution >= 4 is 0 Å². The molecule has 0 aliphatic heterocycles. The number of furan rings is 1. The van der Waals surface area contributed by atoms with Crippen molar-refractivity contribution in [2.75, 3.05) is 20.1 Å². The van der Waals surface area contributed by atoms with Crippen LogP contribution in [0.4, 0.5) is 0 Å². The third-order valence-corrected chi connectivity index (χ3v) is 3.37. The van der Waals surface area contributed by atoms with E-state index in [1.165, 1.54) is 0 Å². The summed E-state index contributed by atoms with van der Waals surface area (Å²) in [5.41, 5.74) is 0.247. The molecular formula is C14H26N2O. The summed E-state index contributed by atoms with van der Waals surface area (Å²) in [6.45, 7) is 11.9. The fourth-order valence-electron chi connectivity index (χ4n) is 2.14. The van der Waals surface area contributed by atoms with E-state index in [2.05, 4.69) is 45.0 Å². The number of hydrogen-bond acceptors (Lipinski definition) is 3. The largest absolute Gasteiger partial charge is 0.468 e. The van der Waals surface area contributed by atoms with Crippen LogP contribution in [0.5, 0.6) is 0 Å². The second-order valence-electron chi connectivity index (χ2n) is 5.52. The Balaban J connectivity index is 2.46. The first-order valence-electron chi connectivity index (χ1n) is 6.40. The van der Waals surface area contributed by atoms with Crippen molar-refractivity contribution in [2.45, 2.75) is 40.3 Å².